The Bertz CT molecular complexity index is 151. The largest absolute Gasteiger partial charge is 0.379 e. The lowest BCUT2D eigenvalue weighted by molar-refractivity contribution is 0.0392. The maximum atomic E-state index is 5.26. The highest BCUT2D eigenvalue weighted by Crippen LogP contribution is 1.98. The van der Waals surface area contributed by atoms with Gasteiger partial charge in [-0.3, -0.25) is 9.89 Å². The van der Waals surface area contributed by atoms with Gasteiger partial charge in [-0.15, -0.1) is 0 Å². The van der Waals surface area contributed by atoms with Crippen LogP contribution in [0.4, 0.5) is 0 Å². The van der Waals surface area contributed by atoms with E-state index in [9.17, 15) is 0 Å². The van der Waals surface area contributed by atoms with Crippen LogP contribution < -0.4 is 0 Å². The Morgan fingerprint density at radius 2 is 2.08 bits per heavy atom. The Labute approximate surface area is 74.4 Å². The predicted octanol–water partition coefficient (Wildman–Crippen LogP) is 0.799. The Morgan fingerprint density at radius 1 is 1.42 bits per heavy atom. The summed E-state index contributed by atoms with van der Waals surface area (Å²) in [6.45, 7) is 7.16. The van der Waals surface area contributed by atoms with Crippen molar-refractivity contribution in [1.82, 2.24) is 4.90 Å². The summed E-state index contributed by atoms with van der Waals surface area (Å²) in [5, 5.41) is 0. The first-order valence-corrected chi connectivity index (χ1v) is 4.55. The predicted molar refractivity (Wildman–Crippen MR) is 50.9 cm³/mol. The van der Waals surface area contributed by atoms with Crippen molar-refractivity contribution in [2.24, 2.45) is 4.99 Å². The summed E-state index contributed by atoms with van der Waals surface area (Å²) in [7, 11) is 1.86. The van der Waals surface area contributed by atoms with E-state index in [1.807, 2.05) is 7.05 Å². The second-order valence-electron chi connectivity index (χ2n) is 3.16. The molecule has 0 bridgehead atoms. The van der Waals surface area contributed by atoms with Gasteiger partial charge in [-0.25, -0.2) is 0 Å². The van der Waals surface area contributed by atoms with Crippen LogP contribution in [0.15, 0.2) is 4.99 Å². The smallest absolute Gasteiger partial charge is 0.0594 e. The summed E-state index contributed by atoms with van der Waals surface area (Å²) >= 11 is 0. The van der Waals surface area contributed by atoms with Gasteiger partial charge >= 0.3 is 0 Å². The van der Waals surface area contributed by atoms with Gasteiger partial charge in [0.1, 0.15) is 0 Å². The second kappa shape index (κ2) is 5.27. The molecule has 0 atom stereocenters. The molecule has 0 N–H and O–H groups in total. The number of ether oxygens (including phenoxy) is 1. The number of rotatable bonds is 3. The van der Waals surface area contributed by atoms with Crippen LogP contribution in [0.25, 0.3) is 0 Å². The molecule has 0 aromatic rings. The highest BCUT2D eigenvalue weighted by molar-refractivity contribution is 5.81. The summed E-state index contributed by atoms with van der Waals surface area (Å²) in [5.74, 6) is 0. The molecule has 1 rings (SSSR count). The quantitative estimate of drug-likeness (QED) is 0.585. The summed E-state index contributed by atoms with van der Waals surface area (Å²) in [6.07, 6.45) is 1.09. The van der Waals surface area contributed by atoms with Gasteiger partial charge in [0.2, 0.25) is 0 Å². The molecule has 70 valence electrons. The molecule has 3 nitrogen and oxygen atoms in total. The van der Waals surface area contributed by atoms with E-state index in [1.54, 1.807) is 0 Å². The lowest BCUT2D eigenvalue weighted by atomic mass is 10.2. The number of morpholine rings is 1. The van der Waals surface area contributed by atoms with Crippen LogP contribution in [-0.2, 0) is 4.74 Å². The summed E-state index contributed by atoms with van der Waals surface area (Å²) in [4.78, 5) is 6.56. The Morgan fingerprint density at radius 3 is 2.67 bits per heavy atom. The molecule has 0 aliphatic carbocycles. The Balaban J connectivity index is 2.13. The van der Waals surface area contributed by atoms with E-state index in [1.165, 1.54) is 5.71 Å². The topological polar surface area (TPSA) is 24.8 Å². The SMILES string of the molecule is CN=C(C)CCN1CCOCC1. The van der Waals surface area contributed by atoms with Gasteiger partial charge in [-0.05, 0) is 13.3 Å². The van der Waals surface area contributed by atoms with E-state index in [4.69, 9.17) is 4.74 Å². The second-order valence-corrected chi connectivity index (χ2v) is 3.16. The number of hydrogen-bond acceptors (Lipinski definition) is 3. The fraction of sp³-hybridized carbons (Fsp3) is 0.889. The molecule has 1 fully saturated rings. The molecule has 1 saturated heterocycles. The van der Waals surface area contributed by atoms with Crippen molar-refractivity contribution in [3.05, 3.63) is 0 Å². The summed E-state index contributed by atoms with van der Waals surface area (Å²) in [6, 6.07) is 0. The lowest BCUT2D eigenvalue weighted by Crippen LogP contribution is -2.37. The molecule has 0 radical (unpaired) electrons. The van der Waals surface area contributed by atoms with Crippen LogP contribution in [0.1, 0.15) is 13.3 Å². The standard InChI is InChI=1S/C9H18N2O/c1-9(10-2)3-4-11-5-7-12-8-6-11/h3-8H2,1-2H3. The van der Waals surface area contributed by atoms with Gasteiger partial charge in [0, 0.05) is 32.4 Å². The molecule has 1 heterocycles. The molecule has 0 amide bonds. The first-order valence-electron chi connectivity index (χ1n) is 4.55. The number of aliphatic imine (C=N–C) groups is 1. The van der Waals surface area contributed by atoms with Crippen molar-refractivity contribution in [2.75, 3.05) is 39.9 Å². The van der Waals surface area contributed by atoms with E-state index >= 15 is 0 Å². The molecule has 0 aromatic heterocycles. The van der Waals surface area contributed by atoms with Crippen molar-refractivity contribution in [1.29, 1.82) is 0 Å². The van der Waals surface area contributed by atoms with Crippen molar-refractivity contribution < 1.29 is 4.74 Å². The van der Waals surface area contributed by atoms with Crippen LogP contribution in [0.5, 0.6) is 0 Å². The van der Waals surface area contributed by atoms with Crippen LogP contribution in [0.3, 0.4) is 0 Å². The minimum absolute atomic E-state index is 0.891. The molecule has 0 unspecified atom stereocenters. The molecule has 1 aliphatic rings. The highest BCUT2D eigenvalue weighted by Gasteiger charge is 2.09. The van der Waals surface area contributed by atoms with Gasteiger partial charge in [0.05, 0.1) is 13.2 Å². The van der Waals surface area contributed by atoms with E-state index in [0.29, 0.717) is 0 Å². The van der Waals surface area contributed by atoms with E-state index in [0.717, 1.165) is 39.3 Å². The monoisotopic (exact) mass is 170 g/mol. The molecule has 1 aliphatic heterocycles. The molecule has 0 spiro atoms. The average Bonchev–Trinajstić information content (AvgIpc) is 2.16. The molecule has 0 aromatic carbocycles. The van der Waals surface area contributed by atoms with Gasteiger partial charge in [-0.2, -0.15) is 0 Å². The fourth-order valence-electron chi connectivity index (χ4n) is 1.26. The molecule has 0 saturated carbocycles. The first-order chi connectivity index (χ1) is 5.83. The van der Waals surface area contributed by atoms with Gasteiger partial charge in [0.15, 0.2) is 0 Å². The normalized spacial score (nSPS) is 21.3. The average molecular weight is 170 g/mol. The van der Waals surface area contributed by atoms with Crippen LogP contribution >= 0.6 is 0 Å². The Kier molecular flexibility index (Phi) is 4.25. The minimum Gasteiger partial charge on any atom is -0.379 e. The van der Waals surface area contributed by atoms with Crippen LogP contribution in [0, 0.1) is 0 Å². The van der Waals surface area contributed by atoms with Crippen LogP contribution in [-0.4, -0.2) is 50.5 Å². The molecule has 3 heteroatoms. The van der Waals surface area contributed by atoms with Crippen molar-refractivity contribution in [3.8, 4) is 0 Å². The number of nitrogens with zero attached hydrogens (tertiary/aromatic N) is 2. The third-order valence-corrected chi connectivity index (χ3v) is 2.28. The third kappa shape index (κ3) is 3.32. The van der Waals surface area contributed by atoms with Crippen molar-refractivity contribution >= 4 is 5.71 Å². The minimum atomic E-state index is 0.891. The summed E-state index contributed by atoms with van der Waals surface area (Å²) in [5.41, 5.74) is 1.24. The van der Waals surface area contributed by atoms with Gasteiger partial charge in [0.25, 0.3) is 0 Å². The summed E-state index contributed by atoms with van der Waals surface area (Å²) < 4.78 is 5.26. The zero-order valence-corrected chi connectivity index (χ0v) is 8.05. The van der Waals surface area contributed by atoms with E-state index < -0.39 is 0 Å². The zero-order valence-electron chi connectivity index (χ0n) is 8.05. The maximum Gasteiger partial charge on any atom is 0.0594 e. The zero-order chi connectivity index (χ0) is 8.81. The molecule has 12 heavy (non-hydrogen) atoms. The van der Waals surface area contributed by atoms with E-state index in [-0.39, 0.29) is 0 Å². The van der Waals surface area contributed by atoms with Gasteiger partial charge in [-0.1, -0.05) is 0 Å². The van der Waals surface area contributed by atoms with Crippen molar-refractivity contribution in [2.45, 2.75) is 13.3 Å². The third-order valence-electron chi connectivity index (χ3n) is 2.28. The first kappa shape index (κ1) is 9.68. The highest BCUT2D eigenvalue weighted by atomic mass is 16.5. The van der Waals surface area contributed by atoms with Crippen molar-refractivity contribution in [3.63, 3.8) is 0 Å². The Hall–Kier alpha value is -0.410. The fourth-order valence-corrected chi connectivity index (χ4v) is 1.26. The number of hydrogen-bond donors (Lipinski definition) is 0. The van der Waals surface area contributed by atoms with Gasteiger partial charge < -0.3 is 4.74 Å². The van der Waals surface area contributed by atoms with Crippen LogP contribution in [0.2, 0.25) is 0 Å². The maximum absolute atomic E-state index is 5.26. The lowest BCUT2D eigenvalue weighted by Gasteiger charge is -2.26. The molecular formula is C9H18N2O. The molecular weight excluding hydrogens is 152 g/mol. The van der Waals surface area contributed by atoms with E-state index in [2.05, 4.69) is 16.8 Å².